The van der Waals surface area contributed by atoms with Gasteiger partial charge in [-0.1, -0.05) is 55.3 Å². The number of alkyl halides is 3. The van der Waals surface area contributed by atoms with Gasteiger partial charge in [-0.25, -0.2) is 0 Å². The molecule has 0 saturated carbocycles. The fourth-order valence-corrected chi connectivity index (χ4v) is 6.12. The van der Waals surface area contributed by atoms with E-state index >= 15 is 0 Å². The zero-order valence-corrected chi connectivity index (χ0v) is 24.8. The average Bonchev–Trinajstić information content (AvgIpc) is 2.95. The van der Waals surface area contributed by atoms with Crippen LogP contribution in [-0.4, -0.2) is 45.0 Å². The number of hydrogen-bond acceptors (Lipinski definition) is 5. The Hall–Kier alpha value is -2.98. The minimum Gasteiger partial charge on any atom is -0.507 e. The molecule has 1 heterocycles. The number of thioether (sulfide) groups is 1. The number of hydrogen-bond donors (Lipinski definition) is 3. The number of phenolic OH excluding ortho intramolecular Hbond substituents is 1. The van der Waals surface area contributed by atoms with E-state index in [-0.39, 0.29) is 43.5 Å². The number of nitrogens with one attached hydrogen (secondary N) is 1. The van der Waals surface area contributed by atoms with Crippen molar-refractivity contribution in [2.75, 3.05) is 18.8 Å². The molecule has 3 N–H and O–H groups in total. The van der Waals surface area contributed by atoms with E-state index in [4.69, 9.17) is 11.6 Å². The lowest BCUT2D eigenvalue weighted by atomic mass is 9.98. The zero-order chi connectivity index (χ0) is 30.3. The van der Waals surface area contributed by atoms with Crippen LogP contribution in [0.2, 0.25) is 5.02 Å². The first kappa shape index (κ1) is 31.9. The van der Waals surface area contributed by atoms with Gasteiger partial charge < -0.3 is 15.2 Å². The summed E-state index contributed by atoms with van der Waals surface area (Å²) in [5, 5.41) is 21.9. The zero-order valence-electron chi connectivity index (χ0n) is 23.3. The van der Waals surface area contributed by atoms with E-state index in [9.17, 15) is 28.2 Å². The van der Waals surface area contributed by atoms with Crippen LogP contribution in [0, 0.1) is 0 Å². The Balaban J connectivity index is 1.55. The molecule has 0 aliphatic rings. The van der Waals surface area contributed by atoms with Gasteiger partial charge in [0.25, 0.3) is 5.56 Å². The van der Waals surface area contributed by atoms with Gasteiger partial charge >= 0.3 is 6.18 Å². The average molecular weight is 619 g/mol. The number of aromatic hydroxyl groups is 1. The molecule has 0 radical (unpaired) electrons. The van der Waals surface area contributed by atoms with E-state index in [0.717, 1.165) is 62.8 Å². The molecule has 1 aromatic heterocycles. The molecule has 10 heteroatoms. The minimum absolute atomic E-state index is 0.104. The Kier molecular flexibility index (Phi) is 11.0. The summed E-state index contributed by atoms with van der Waals surface area (Å²) in [5.74, 6) is -0.0769. The number of aromatic nitrogens is 1. The number of aromatic amines is 1. The van der Waals surface area contributed by atoms with Crippen LogP contribution < -0.4 is 5.56 Å². The number of aliphatic hydroxyl groups is 1. The van der Waals surface area contributed by atoms with Gasteiger partial charge in [-0.3, -0.25) is 9.69 Å². The number of rotatable bonds is 13. The molecule has 42 heavy (non-hydrogen) atoms. The van der Waals surface area contributed by atoms with Crippen LogP contribution in [-0.2, 0) is 12.7 Å². The Morgan fingerprint density at radius 1 is 1.02 bits per heavy atom. The molecule has 0 spiro atoms. The maximum absolute atomic E-state index is 13.6. The maximum atomic E-state index is 13.6. The summed E-state index contributed by atoms with van der Waals surface area (Å²) in [5.41, 5.74) is 0.294. The highest BCUT2D eigenvalue weighted by Crippen LogP contribution is 2.42. The minimum atomic E-state index is -4.60. The van der Waals surface area contributed by atoms with Crippen LogP contribution >= 0.6 is 23.4 Å². The van der Waals surface area contributed by atoms with Crippen LogP contribution in [0.4, 0.5) is 13.2 Å². The lowest BCUT2D eigenvalue weighted by Crippen LogP contribution is -2.26. The molecule has 5 nitrogen and oxygen atoms in total. The number of halogens is 4. The maximum Gasteiger partial charge on any atom is 0.416 e. The number of aliphatic hydroxyl groups excluding tert-OH is 1. The van der Waals surface area contributed by atoms with Gasteiger partial charge in [-0.05, 0) is 74.3 Å². The second kappa shape index (κ2) is 14.5. The Morgan fingerprint density at radius 2 is 1.76 bits per heavy atom. The van der Waals surface area contributed by atoms with Gasteiger partial charge in [-0.2, -0.15) is 13.2 Å². The fraction of sp³-hybridized carbons (Fsp3) is 0.344. The third-order valence-corrected chi connectivity index (χ3v) is 8.50. The second-order valence-corrected chi connectivity index (χ2v) is 11.8. The molecular formula is C32H34ClF3N2O3S. The third-order valence-electron chi connectivity index (χ3n) is 7.03. The van der Waals surface area contributed by atoms with E-state index in [2.05, 4.69) is 28.9 Å². The predicted molar refractivity (Wildman–Crippen MR) is 164 cm³/mol. The van der Waals surface area contributed by atoms with Crippen molar-refractivity contribution in [1.29, 1.82) is 0 Å². The van der Waals surface area contributed by atoms with Crippen LogP contribution in [0.15, 0.2) is 76.4 Å². The van der Waals surface area contributed by atoms with Gasteiger partial charge in [0.05, 0.1) is 16.6 Å². The van der Waals surface area contributed by atoms with Gasteiger partial charge in [-0.15, -0.1) is 11.8 Å². The topological polar surface area (TPSA) is 76.6 Å². The summed E-state index contributed by atoms with van der Waals surface area (Å²) >= 11 is 7.23. The molecule has 0 saturated heterocycles. The van der Waals surface area contributed by atoms with Gasteiger partial charge in [0, 0.05) is 39.4 Å². The first-order chi connectivity index (χ1) is 20.1. The molecule has 0 aliphatic carbocycles. The lowest BCUT2D eigenvalue weighted by molar-refractivity contribution is -0.137. The largest absolute Gasteiger partial charge is 0.507 e. The number of phenols is 1. The molecule has 4 aromatic rings. The van der Waals surface area contributed by atoms with Crippen molar-refractivity contribution >= 4 is 34.3 Å². The molecule has 224 valence electrons. The second-order valence-electron chi connectivity index (χ2n) is 10.3. The summed E-state index contributed by atoms with van der Waals surface area (Å²) in [6, 6.07) is 17.5. The summed E-state index contributed by atoms with van der Waals surface area (Å²) in [4.78, 5) is 18.3. The van der Waals surface area contributed by atoms with E-state index in [0.29, 0.717) is 6.42 Å². The Labute approximate surface area is 252 Å². The number of benzene rings is 3. The smallest absolute Gasteiger partial charge is 0.416 e. The van der Waals surface area contributed by atoms with Crippen molar-refractivity contribution in [2.24, 2.45) is 0 Å². The van der Waals surface area contributed by atoms with Crippen LogP contribution in [0.25, 0.3) is 22.0 Å². The van der Waals surface area contributed by atoms with Crippen molar-refractivity contribution in [3.05, 3.63) is 93.2 Å². The number of H-pyrrole nitrogens is 1. The van der Waals surface area contributed by atoms with E-state index in [1.54, 1.807) is 0 Å². The number of unbranched alkanes of at least 4 members (excludes halogenated alkanes) is 1. The van der Waals surface area contributed by atoms with Crippen molar-refractivity contribution in [3.63, 3.8) is 0 Å². The predicted octanol–water partition coefficient (Wildman–Crippen LogP) is 8.11. The molecular weight excluding hydrogens is 585 g/mol. The van der Waals surface area contributed by atoms with Crippen molar-refractivity contribution in [2.45, 2.75) is 56.3 Å². The van der Waals surface area contributed by atoms with Crippen LogP contribution in [0.3, 0.4) is 0 Å². The van der Waals surface area contributed by atoms with Gasteiger partial charge in [0.1, 0.15) is 5.75 Å². The molecule has 0 fully saturated rings. The SMILES string of the molecule is CCCCN(CCCC(O)CSc1c(-c2cc(Cl)ccc2O)c2cc(C(F)(F)F)ccc2[nH]c1=O)Cc1ccccc1. The van der Waals surface area contributed by atoms with Crippen molar-refractivity contribution < 1.29 is 23.4 Å². The lowest BCUT2D eigenvalue weighted by Gasteiger charge is -2.23. The first-order valence-electron chi connectivity index (χ1n) is 13.9. The number of nitrogens with zero attached hydrogens (tertiary/aromatic N) is 1. The monoisotopic (exact) mass is 618 g/mol. The Bertz CT molecular complexity index is 1550. The van der Waals surface area contributed by atoms with E-state index in [1.165, 1.54) is 29.8 Å². The van der Waals surface area contributed by atoms with Crippen LogP contribution in [0.1, 0.15) is 43.7 Å². The highest BCUT2D eigenvalue weighted by Gasteiger charge is 2.31. The molecule has 0 bridgehead atoms. The molecule has 4 rings (SSSR count). The highest BCUT2D eigenvalue weighted by molar-refractivity contribution is 7.99. The van der Waals surface area contributed by atoms with Gasteiger partial charge in [0.15, 0.2) is 0 Å². The van der Waals surface area contributed by atoms with Crippen molar-refractivity contribution in [3.8, 4) is 16.9 Å². The first-order valence-corrected chi connectivity index (χ1v) is 15.3. The summed E-state index contributed by atoms with van der Waals surface area (Å²) in [7, 11) is 0. The fourth-order valence-electron chi connectivity index (χ4n) is 4.87. The quantitative estimate of drug-likeness (QED) is 0.132. The van der Waals surface area contributed by atoms with E-state index < -0.39 is 23.4 Å². The molecule has 1 atom stereocenters. The molecule has 3 aromatic carbocycles. The molecule has 1 unspecified atom stereocenters. The molecule has 0 amide bonds. The standard InChI is InChI=1S/C32H34ClF3N2O3S/c1-2-3-15-38(19-21-8-5-4-6-9-21)16-7-10-24(39)20-42-30-29(26-18-23(33)12-14-28(26)40)25-17-22(32(34,35)36)11-13-27(25)37-31(30)41/h4-6,8-9,11-14,17-18,24,39-40H,2-3,7,10,15-16,19-20H2,1H3,(H,37,41). The highest BCUT2D eigenvalue weighted by atomic mass is 35.5. The summed E-state index contributed by atoms with van der Waals surface area (Å²) < 4.78 is 40.8. The molecule has 0 aliphatic heterocycles. The van der Waals surface area contributed by atoms with Crippen LogP contribution in [0.5, 0.6) is 5.75 Å². The Morgan fingerprint density at radius 3 is 2.48 bits per heavy atom. The number of fused-ring (bicyclic) bond motifs is 1. The normalized spacial score (nSPS) is 12.7. The van der Waals surface area contributed by atoms with Crippen molar-refractivity contribution in [1.82, 2.24) is 9.88 Å². The summed E-state index contributed by atoms with van der Waals surface area (Å²) in [6.45, 7) is 4.73. The van der Waals surface area contributed by atoms with E-state index in [1.807, 2.05) is 18.2 Å². The van der Waals surface area contributed by atoms with Gasteiger partial charge in [0.2, 0.25) is 0 Å². The number of pyridine rings is 1. The summed E-state index contributed by atoms with van der Waals surface area (Å²) in [6.07, 6.45) is -1.97. The third kappa shape index (κ3) is 8.31.